The Balaban J connectivity index is 1.37. The second-order valence-corrected chi connectivity index (χ2v) is 7.78. The molecular weight excluding hydrogens is 288 g/mol. The van der Waals surface area contributed by atoms with Crippen LogP contribution in [0.4, 0.5) is 0 Å². The van der Waals surface area contributed by atoms with Gasteiger partial charge >= 0.3 is 0 Å². The standard InChI is InChI=1S/C18H32N4O/c1-15-3-6-21(7-4-15)13-18(23)14-22-8-5-16(12-22)9-17-10-19-20(2)11-17/h10-11,15-16,18,23H,3-9,12-14H2,1-2H3. The highest BCUT2D eigenvalue weighted by molar-refractivity contribution is 5.05. The number of β-amino-alcohol motifs (C(OH)–C–C–N with tert-alkyl or cyclic N) is 1. The van der Waals surface area contributed by atoms with Gasteiger partial charge < -0.3 is 14.9 Å². The molecule has 130 valence electrons. The molecule has 23 heavy (non-hydrogen) atoms. The zero-order valence-electron chi connectivity index (χ0n) is 14.7. The number of aliphatic hydroxyl groups excluding tert-OH is 1. The Morgan fingerprint density at radius 3 is 2.57 bits per heavy atom. The van der Waals surface area contributed by atoms with Crippen molar-refractivity contribution in [2.45, 2.75) is 38.7 Å². The molecule has 3 rings (SSSR count). The summed E-state index contributed by atoms with van der Waals surface area (Å²) in [6, 6.07) is 0. The molecule has 2 aliphatic rings. The van der Waals surface area contributed by atoms with E-state index in [1.54, 1.807) is 0 Å². The summed E-state index contributed by atoms with van der Waals surface area (Å²) >= 11 is 0. The Labute approximate surface area is 140 Å². The lowest BCUT2D eigenvalue weighted by molar-refractivity contribution is 0.0665. The zero-order valence-corrected chi connectivity index (χ0v) is 14.7. The molecule has 1 aromatic heterocycles. The third-order valence-corrected chi connectivity index (χ3v) is 5.47. The van der Waals surface area contributed by atoms with Crippen molar-refractivity contribution in [1.82, 2.24) is 19.6 Å². The van der Waals surface area contributed by atoms with Gasteiger partial charge in [0.1, 0.15) is 0 Å². The lowest BCUT2D eigenvalue weighted by atomic mass is 9.99. The minimum atomic E-state index is -0.208. The van der Waals surface area contributed by atoms with Gasteiger partial charge in [0.05, 0.1) is 12.3 Å². The lowest BCUT2D eigenvalue weighted by Crippen LogP contribution is -2.42. The summed E-state index contributed by atoms with van der Waals surface area (Å²) in [4.78, 5) is 4.88. The molecule has 2 unspecified atom stereocenters. The van der Waals surface area contributed by atoms with Crippen LogP contribution in [0.1, 0.15) is 31.7 Å². The average Bonchev–Trinajstić information content (AvgIpc) is 3.11. The van der Waals surface area contributed by atoms with Crippen molar-refractivity contribution < 1.29 is 5.11 Å². The number of likely N-dealkylation sites (tertiary alicyclic amines) is 2. The van der Waals surface area contributed by atoms with Crippen LogP contribution in [0, 0.1) is 11.8 Å². The first kappa shape index (κ1) is 16.9. The first-order valence-electron chi connectivity index (χ1n) is 9.19. The molecule has 0 aromatic carbocycles. The largest absolute Gasteiger partial charge is 0.390 e. The molecule has 0 spiro atoms. The van der Waals surface area contributed by atoms with Gasteiger partial charge in [-0.3, -0.25) is 4.68 Å². The fraction of sp³-hybridized carbons (Fsp3) is 0.833. The Morgan fingerprint density at radius 2 is 1.87 bits per heavy atom. The highest BCUT2D eigenvalue weighted by Crippen LogP contribution is 2.21. The van der Waals surface area contributed by atoms with Crippen molar-refractivity contribution >= 4 is 0 Å². The molecule has 0 bridgehead atoms. The molecule has 5 nitrogen and oxygen atoms in total. The summed E-state index contributed by atoms with van der Waals surface area (Å²) in [5.74, 6) is 1.57. The molecule has 1 N–H and O–H groups in total. The van der Waals surface area contributed by atoms with Gasteiger partial charge in [-0.15, -0.1) is 0 Å². The van der Waals surface area contributed by atoms with Gasteiger partial charge in [0, 0.05) is 32.9 Å². The van der Waals surface area contributed by atoms with E-state index >= 15 is 0 Å². The Morgan fingerprint density at radius 1 is 1.17 bits per heavy atom. The highest BCUT2D eigenvalue weighted by atomic mass is 16.3. The van der Waals surface area contributed by atoms with Crippen LogP contribution >= 0.6 is 0 Å². The van der Waals surface area contributed by atoms with Crippen molar-refractivity contribution in [2.24, 2.45) is 18.9 Å². The van der Waals surface area contributed by atoms with Gasteiger partial charge in [0.25, 0.3) is 0 Å². The molecule has 0 amide bonds. The Bertz CT molecular complexity index is 481. The monoisotopic (exact) mass is 320 g/mol. The SMILES string of the molecule is CC1CCN(CC(O)CN2CCC(Cc3cnn(C)c3)C2)CC1. The van der Waals surface area contributed by atoms with Crippen molar-refractivity contribution in [2.75, 3.05) is 39.3 Å². The van der Waals surface area contributed by atoms with Crippen molar-refractivity contribution in [1.29, 1.82) is 0 Å². The summed E-state index contributed by atoms with van der Waals surface area (Å²) in [7, 11) is 1.97. The molecule has 2 atom stereocenters. The van der Waals surface area contributed by atoms with E-state index in [-0.39, 0.29) is 6.10 Å². The van der Waals surface area contributed by atoms with Crippen LogP contribution in [-0.4, -0.2) is 70.1 Å². The first-order valence-corrected chi connectivity index (χ1v) is 9.19. The quantitative estimate of drug-likeness (QED) is 0.860. The Kier molecular flexibility index (Phi) is 5.72. The smallest absolute Gasteiger partial charge is 0.0793 e. The molecule has 5 heteroatoms. The minimum Gasteiger partial charge on any atom is -0.390 e. The van der Waals surface area contributed by atoms with Crippen molar-refractivity contribution in [3.63, 3.8) is 0 Å². The zero-order chi connectivity index (χ0) is 16.2. The molecule has 3 heterocycles. The van der Waals surface area contributed by atoms with Crippen LogP contribution in [0.2, 0.25) is 0 Å². The summed E-state index contributed by atoms with van der Waals surface area (Å²) in [5.41, 5.74) is 1.34. The summed E-state index contributed by atoms with van der Waals surface area (Å²) in [6.07, 6.45) is 8.81. The van der Waals surface area contributed by atoms with E-state index in [0.717, 1.165) is 51.6 Å². The summed E-state index contributed by atoms with van der Waals surface area (Å²) in [5, 5.41) is 14.7. The van der Waals surface area contributed by atoms with E-state index in [0.29, 0.717) is 5.92 Å². The van der Waals surface area contributed by atoms with E-state index in [1.807, 2.05) is 17.9 Å². The fourth-order valence-electron chi connectivity index (χ4n) is 4.05. The molecule has 1 aromatic rings. The average molecular weight is 320 g/mol. The predicted octanol–water partition coefficient (Wildman–Crippen LogP) is 1.38. The number of piperidine rings is 1. The molecular formula is C18H32N4O. The highest BCUT2D eigenvalue weighted by Gasteiger charge is 2.26. The topological polar surface area (TPSA) is 44.5 Å². The van der Waals surface area contributed by atoms with Gasteiger partial charge in [0.15, 0.2) is 0 Å². The van der Waals surface area contributed by atoms with Crippen LogP contribution in [0.25, 0.3) is 0 Å². The number of hydrogen-bond acceptors (Lipinski definition) is 4. The van der Waals surface area contributed by atoms with Gasteiger partial charge in [0.2, 0.25) is 0 Å². The van der Waals surface area contributed by atoms with Crippen LogP contribution in [0.3, 0.4) is 0 Å². The number of rotatable bonds is 6. The third-order valence-electron chi connectivity index (χ3n) is 5.47. The third kappa shape index (κ3) is 5.03. The molecule has 2 fully saturated rings. The second kappa shape index (κ2) is 7.77. The summed E-state index contributed by atoms with van der Waals surface area (Å²) < 4.78 is 1.88. The van der Waals surface area contributed by atoms with Crippen LogP contribution in [0.15, 0.2) is 12.4 Å². The predicted molar refractivity (Wildman–Crippen MR) is 92.3 cm³/mol. The van der Waals surface area contributed by atoms with E-state index in [9.17, 15) is 5.11 Å². The molecule has 2 aliphatic heterocycles. The fourth-order valence-corrected chi connectivity index (χ4v) is 4.05. The summed E-state index contributed by atoms with van der Waals surface area (Å²) in [6.45, 7) is 8.55. The van der Waals surface area contributed by atoms with Gasteiger partial charge in [-0.2, -0.15) is 5.10 Å². The number of hydrogen-bond donors (Lipinski definition) is 1. The van der Waals surface area contributed by atoms with Gasteiger partial charge in [-0.25, -0.2) is 0 Å². The maximum Gasteiger partial charge on any atom is 0.0793 e. The van der Waals surface area contributed by atoms with Crippen LogP contribution in [0.5, 0.6) is 0 Å². The second-order valence-electron chi connectivity index (χ2n) is 7.78. The maximum atomic E-state index is 10.4. The molecule has 0 saturated carbocycles. The number of aliphatic hydroxyl groups is 1. The van der Waals surface area contributed by atoms with Crippen LogP contribution in [-0.2, 0) is 13.5 Å². The molecule has 0 aliphatic carbocycles. The van der Waals surface area contributed by atoms with E-state index < -0.39 is 0 Å². The Hall–Kier alpha value is -0.910. The van der Waals surface area contributed by atoms with Crippen molar-refractivity contribution in [3.8, 4) is 0 Å². The number of aromatic nitrogens is 2. The van der Waals surface area contributed by atoms with Gasteiger partial charge in [-0.05, 0) is 62.7 Å². The minimum absolute atomic E-state index is 0.208. The first-order chi connectivity index (χ1) is 11.1. The van der Waals surface area contributed by atoms with E-state index in [2.05, 4.69) is 28.0 Å². The number of nitrogens with zero attached hydrogens (tertiary/aromatic N) is 4. The normalized spacial score (nSPS) is 26.0. The maximum absolute atomic E-state index is 10.4. The van der Waals surface area contributed by atoms with E-state index in [4.69, 9.17) is 0 Å². The lowest BCUT2D eigenvalue weighted by Gasteiger charge is -2.32. The number of aryl methyl sites for hydroxylation is 1. The van der Waals surface area contributed by atoms with E-state index in [1.165, 1.54) is 24.8 Å². The van der Waals surface area contributed by atoms with Crippen LogP contribution < -0.4 is 0 Å². The van der Waals surface area contributed by atoms with Gasteiger partial charge in [-0.1, -0.05) is 6.92 Å². The molecule has 0 radical (unpaired) electrons. The van der Waals surface area contributed by atoms with Crippen molar-refractivity contribution in [3.05, 3.63) is 18.0 Å². The molecule has 2 saturated heterocycles.